The van der Waals surface area contributed by atoms with Gasteiger partial charge in [0.25, 0.3) is 0 Å². The van der Waals surface area contributed by atoms with Crippen LogP contribution in [0.5, 0.6) is 0 Å². The van der Waals surface area contributed by atoms with Crippen molar-refractivity contribution >= 4 is 5.82 Å². The summed E-state index contributed by atoms with van der Waals surface area (Å²) in [6.07, 6.45) is 9.47. The number of hydrogen-bond donors (Lipinski definition) is 1. The molecule has 2 aromatic rings. The highest BCUT2D eigenvalue weighted by Gasteiger charge is 2.27. The predicted octanol–water partition coefficient (Wildman–Crippen LogP) is 3.52. The molecule has 3 atom stereocenters. The molecule has 0 spiro atoms. The predicted molar refractivity (Wildman–Crippen MR) is 81.1 cm³/mol. The second-order valence-electron chi connectivity index (χ2n) is 6.12. The Morgan fingerprint density at radius 2 is 2.15 bits per heavy atom. The smallest absolute Gasteiger partial charge is 0.123 e. The van der Waals surface area contributed by atoms with Crippen LogP contribution in [0.15, 0.2) is 30.9 Å². The summed E-state index contributed by atoms with van der Waals surface area (Å²) in [5.74, 6) is 2.08. The maximum absolute atomic E-state index is 5.80. The molecule has 1 fully saturated rings. The molecule has 0 radical (unpaired) electrons. The lowest BCUT2D eigenvalue weighted by atomic mass is 9.79. The van der Waals surface area contributed by atoms with Crippen LogP contribution in [-0.4, -0.2) is 14.5 Å². The van der Waals surface area contributed by atoms with E-state index in [2.05, 4.69) is 28.4 Å². The van der Waals surface area contributed by atoms with Crippen molar-refractivity contribution in [1.82, 2.24) is 14.5 Å². The Morgan fingerprint density at radius 1 is 1.30 bits per heavy atom. The van der Waals surface area contributed by atoms with Crippen molar-refractivity contribution in [2.45, 2.75) is 39.2 Å². The number of hydrogen-bond acceptors (Lipinski definition) is 3. The number of nitrogen functional groups attached to an aromatic ring is 1. The van der Waals surface area contributed by atoms with Gasteiger partial charge >= 0.3 is 0 Å². The van der Waals surface area contributed by atoms with Gasteiger partial charge in [-0.05, 0) is 43.2 Å². The van der Waals surface area contributed by atoms with Crippen LogP contribution in [0, 0.1) is 11.8 Å². The summed E-state index contributed by atoms with van der Waals surface area (Å²) in [5, 5.41) is 0. The van der Waals surface area contributed by atoms with Crippen LogP contribution >= 0.6 is 0 Å². The average Bonchev–Trinajstić information content (AvgIpc) is 2.87. The van der Waals surface area contributed by atoms with Crippen LogP contribution in [0.1, 0.15) is 39.2 Å². The molecule has 0 aromatic carbocycles. The van der Waals surface area contributed by atoms with Crippen LogP contribution in [0.4, 0.5) is 5.82 Å². The van der Waals surface area contributed by atoms with Crippen molar-refractivity contribution in [3.8, 4) is 11.3 Å². The summed E-state index contributed by atoms with van der Waals surface area (Å²) >= 11 is 0. The van der Waals surface area contributed by atoms with Crippen LogP contribution in [0.2, 0.25) is 0 Å². The molecule has 1 saturated carbocycles. The molecule has 0 amide bonds. The van der Waals surface area contributed by atoms with E-state index in [0.717, 1.165) is 17.2 Å². The van der Waals surface area contributed by atoms with E-state index in [1.165, 1.54) is 19.3 Å². The summed E-state index contributed by atoms with van der Waals surface area (Å²) in [7, 11) is 0. The first-order chi connectivity index (χ1) is 9.65. The largest absolute Gasteiger partial charge is 0.384 e. The third-order valence-electron chi connectivity index (χ3n) is 4.49. The molecule has 4 nitrogen and oxygen atoms in total. The summed E-state index contributed by atoms with van der Waals surface area (Å²) in [5.41, 5.74) is 8.04. The van der Waals surface area contributed by atoms with E-state index in [9.17, 15) is 0 Å². The van der Waals surface area contributed by atoms with Gasteiger partial charge in [-0.25, -0.2) is 9.97 Å². The second-order valence-corrected chi connectivity index (χ2v) is 6.12. The molecule has 0 aliphatic heterocycles. The Labute approximate surface area is 120 Å². The van der Waals surface area contributed by atoms with E-state index in [1.807, 2.05) is 24.7 Å². The summed E-state index contributed by atoms with van der Waals surface area (Å²) in [6, 6.07) is 4.46. The molecule has 0 bridgehead atoms. The van der Waals surface area contributed by atoms with Crippen molar-refractivity contribution in [3.63, 3.8) is 0 Å². The van der Waals surface area contributed by atoms with E-state index in [0.29, 0.717) is 17.8 Å². The van der Waals surface area contributed by atoms with E-state index < -0.39 is 0 Å². The molecule has 4 heteroatoms. The van der Waals surface area contributed by atoms with Crippen molar-refractivity contribution in [2.24, 2.45) is 11.8 Å². The zero-order chi connectivity index (χ0) is 14.1. The molecule has 20 heavy (non-hydrogen) atoms. The number of nitrogens with zero attached hydrogens (tertiary/aromatic N) is 3. The molecule has 2 heterocycles. The first-order valence-corrected chi connectivity index (χ1v) is 7.39. The Bertz CT molecular complexity index is 590. The molecule has 3 rings (SSSR count). The fourth-order valence-corrected chi connectivity index (χ4v) is 3.46. The van der Waals surface area contributed by atoms with Crippen LogP contribution < -0.4 is 5.73 Å². The van der Waals surface area contributed by atoms with Gasteiger partial charge in [-0.1, -0.05) is 13.8 Å². The zero-order valence-corrected chi connectivity index (χ0v) is 12.2. The Balaban J connectivity index is 1.94. The monoisotopic (exact) mass is 270 g/mol. The van der Waals surface area contributed by atoms with Gasteiger partial charge in [-0.15, -0.1) is 0 Å². The lowest BCUT2D eigenvalue weighted by Crippen LogP contribution is -2.24. The highest BCUT2D eigenvalue weighted by molar-refractivity contribution is 5.61. The van der Waals surface area contributed by atoms with Gasteiger partial charge in [0.2, 0.25) is 0 Å². The Hall–Kier alpha value is -1.84. The third kappa shape index (κ3) is 2.42. The van der Waals surface area contributed by atoms with E-state index in [4.69, 9.17) is 5.73 Å². The van der Waals surface area contributed by atoms with Gasteiger partial charge in [-0.3, -0.25) is 0 Å². The Morgan fingerprint density at radius 3 is 2.90 bits per heavy atom. The minimum Gasteiger partial charge on any atom is -0.384 e. The number of rotatable bonds is 2. The standard InChI is InChI=1S/C16H22N4/c1-11-3-4-14(12(2)7-11)20-10-18-9-15(20)13-5-6-19-16(17)8-13/h5-6,8-12,14H,3-4,7H2,1-2H3,(H2,17,19). The SMILES string of the molecule is CC1CCC(n2cncc2-c2ccnc(N)c2)C(C)C1. The van der Waals surface area contributed by atoms with Gasteiger partial charge in [-0.2, -0.15) is 0 Å². The first kappa shape index (κ1) is 13.2. The Kier molecular flexibility index (Phi) is 3.47. The topological polar surface area (TPSA) is 56.7 Å². The fourth-order valence-electron chi connectivity index (χ4n) is 3.46. The average molecular weight is 270 g/mol. The van der Waals surface area contributed by atoms with Crippen LogP contribution in [-0.2, 0) is 0 Å². The number of pyridine rings is 1. The second kappa shape index (κ2) is 5.27. The maximum Gasteiger partial charge on any atom is 0.123 e. The quantitative estimate of drug-likeness (QED) is 0.908. The number of nitrogens with two attached hydrogens (primary N) is 1. The normalized spacial score (nSPS) is 26.6. The third-order valence-corrected chi connectivity index (χ3v) is 4.49. The molecule has 2 aromatic heterocycles. The van der Waals surface area contributed by atoms with Crippen molar-refractivity contribution in [1.29, 1.82) is 0 Å². The number of anilines is 1. The molecule has 0 saturated heterocycles. The maximum atomic E-state index is 5.80. The van der Waals surface area contributed by atoms with Gasteiger partial charge in [0, 0.05) is 17.8 Å². The highest BCUT2D eigenvalue weighted by Crippen LogP contribution is 2.38. The minimum absolute atomic E-state index is 0.540. The van der Waals surface area contributed by atoms with Crippen molar-refractivity contribution in [2.75, 3.05) is 5.73 Å². The fraction of sp³-hybridized carbons (Fsp3) is 0.500. The van der Waals surface area contributed by atoms with Crippen molar-refractivity contribution in [3.05, 3.63) is 30.9 Å². The van der Waals surface area contributed by atoms with Gasteiger partial charge in [0.05, 0.1) is 18.2 Å². The summed E-state index contributed by atoms with van der Waals surface area (Å²) in [6.45, 7) is 4.70. The van der Waals surface area contributed by atoms with E-state index >= 15 is 0 Å². The van der Waals surface area contributed by atoms with Gasteiger partial charge in [0.15, 0.2) is 0 Å². The summed E-state index contributed by atoms with van der Waals surface area (Å²) in [4.78, 5) is 8.42. The van der Waals surface area contributed by atoms with E-state index in [1.54, 1.807) is 6.20 Å². The molecule has 2 N–H and O–H groups in total. The molecular formula is C16H22N4. The van der Waals surface area contributed by atoms with Gasteiger partial charge in [0.1, 0.15) is 5.82 Å². The number of imidazole rings is 1. The van der Waals surface area contributed by atoms with E-state index in [-0.39, 0.29) is 0 Å². The molecule has 1 aliphatic carbocycles. The number of aromatic nitrogens is 3. The highest BCUT2D eigenvalue weighted by atomic mass is 15.1. The first-order valence-electron chi connectivity index (χ1n) is 7.39. The van der Waals surface area contributed by atoms with Crippen LogP contribution in [0.3, 0.4) is 0 Å². The molecular weight excluding hydrogens is 248 g/mol. The van der Waals surface area contributed by atoms with Gasteiger partial charge < -0.3 is 10.3 Å². The summed E-state index contributed by atoms with van der Waals surface area (Å²) < 4.78 is 2.32. The van der Waals surface area contributed by atoms with Crippen LogP contribution in [0.25, 0.3) is 11.3 Å². The minimum atomic E-state index is 0.540. The lowest BCUT2D eigenvalue weighted by Gasteiger charge is -2.34. The molecule has 106 valence electrons. The van der Waals surface area contributed by atoms with Crippen molar-refractivity contribution < 1.29 is 0 Å². The molecule has 3 unspecified atom stereocenters. The lowest BCUT2D eigenvalue weighted by molar-refractivity contribution is 0.209. The zero-order valence-electron chi connectivity index (χ0n) is 12.2. The molecule has 1 aliphatic rings.